The third kappa shape index (κ3) is 17.4. The van der Waals surface area contributed by atoms with Gasteiger partial charge in [-0.25, -0.2) is 9.59 Å². The van der Waals surface area contributed by atoms with E-state index in [1.54, 1.807) is 0 Å². The van der Waals surface area contributed by atoms with Gasteiger partial charge in [-0.05, 0) is 82.4 Å². The molecule has 0 aliphatic rings. The third-order valence-electron chi connectivity index (χ3n) is 7.93. The molecule has 1 unspecified atom stereocenters. The van der Waals surface area contributed by atoms with Crippen molar-refractivity contribution in [2.24, 2.45) is 0 Å². The Hall–Kier alpha value is -5.70. The molecule has 0 aliphatic carbocycles. The maximum Gasteiger partial charge on any atom is 0.413 e. The molecule has 1 atom stereocenters. The van der Waals surface area contributed by atoms with Gasteiger partial charge in [0.25, 0.3) is 0 Å². The van der Waals surface area contributed by atoms with E-state index in [1.807, 2.05) is 42.5 Å². The molecule has 2 aromatic carbocycles. The molecule has 53 heavy (non-hydrogen) atoms. The van der Waals surface area contributed by atoms with Gasteiger partial charge in [-0.1, -0.05) is 110 Å². The maximum atomic E-state index is 12.7. The normalized spacial score (nSPS) is 12.6. The number of benzene rings is 2. The number of amides is 2. The molecular formula is C44H52N2O7. The minimum Gasteiger partial charge on any atom is -0.480 e. The van der Waals surface area contributed by atoms with E-state index in [4.69, 9.17) is 9.15 Å². The summed E-state index contributed by atoms with van der Waals surface area (Å²) in [4.78, 5) is 49.2. The Kier molecular flexibility index (Phi) is 19.9. The summed E-state index contributed by atoms with van der Waals surface area (Å²) in [5, 5.41) is 15.0. The Bertz CT molecular complexity index is 1820. The van der Waals surface area contributed by atoms with Crippen molar-refractivity contribution in [2.75, 3.05) is 6.54 Å². The number of allylic oxidation sites excluding steroid dienone is 12. The third-order valence-corrected chi connectivity index (χ3v) is 7.93. The quantitative estimate of drug-likeness (QED) is 0.0656. The SMILES string of the molecule is CC/C=C\C/C=C\C/C=C\C/C=C\C/C=C\C/C=C\CCC(=O)NCCCCC(NC(=O)Oc1ccc2oc(-c3ccccc3)cc(=O)c2c1)C(=O)O. The molecule has 0 radical (unpaired) electrons. The molecule has 3 rings (SSSR count). The largest absolute Gasteiger partial charge is 0.480 e. The predicted octanol–water partition coefficient (Wildman–Crippen LogP) is 9.77. The molecular weight excluding hydrogens is 668 g/mol. The number of nitrogens with one attached hydrogen (secondary N) is 2. The fourth-order valence-corrected chi connectivity index (χ4v) is 5.12. The number of carbonyl (C=O) groups is 3. The Morgan fingerprint density at radius 3 is 1.98 bits per heavy atom. The smallest absolute Gasteiger partial charge is 0.413 e. The van der Waals surface area contributed by atoms with Crippen molar-refractivity contribution < 1.29 is 28.6 Å². The van der Waals surface area contributed by atoms with Gasteiger partial charge in [0.15, 0.2) is 5.43 Å². The lowest BCUT2D eigenvalue weighted by atomic mass is 10.1. The van der Waals surface area contributed by atoms with Crippen molar-refractivity contribution in [1.82, 2.24) is 10.6 Å². The zero-order valence-corrected chi connectivity index (χ0v) is 30.6. The number of fused-ring (bicyclic) bond motifs is 1. The number of hydrogen-bond acceptors (Lipinski definition) is 6. The molecule has 280 valence electrons. The van der Waals surface area contributed by atoms with Crippen LogP contribution >= 0.6 is 0 Å². The van der Waals surface area contributed by atoms with Gasteiger partial charge in [-0.15, -0.1) is 0 Å². The van der Waals surface area contributed by atoms with E-state index in [2.05, 4.69) is 78.3 Å². The van der Waals surface area contributed by atoms with E-state index in [1.165, 1.54) is 24.3 Å². The highest BCUT2D eigenvalue weighted by Crippen LogP contribution is 2.24. The fraction of sp³-hybridized carbons (Fsp3) is 0.318. The molecule has 0 saturated heterocycles. The second kappa shape index (κ2) is 25.3. The van der Waals surface area contributed by atoms with Gasteiger partial charge in [0.05, 0.1) is 5.39 Å². The Morgan fingerprint density at radius 1 is 0.774 bits per heavy atom. The number of aliphatic carboxylic acids is 1. The van der Waals surface area contributed by atoms with Crippen molar-refractivity contribution in [2.45, 2.75) is 83.6 Å². The van der Waals surface area contributed by atoms with Crippen LogP contribution in [0.2, 0.25) is 0 Å². The summed E-state index contributed by atoms with van der Waals surface area (Å²) in [7, 11) is 0. The lowest BCUT2D eigenvalue weighted by Crippen LogP contribution is -2.42. The average molecular weight is 721 g/mol. The first-order chi connectivity index (χ1) is 25.9. The first-order valence-corrected chi connectivity index (χ1v) is 18.4. The van der Waals surface area contributed by atoms with Gasteiger partial charge < -0.3 is 24.9 Å². The van der Waals surface area contributed by atoms with Gasteiger partial charge >= 0.3 is 12.1 Å². The van der Waals surface area contributed by atoms with E-state index in [0.29, 0.717) is 43.6 Å². The summed E-state index contributed by atoms with van der Waals surface area (Å²) >= 11 is 0. The van der Waals surface area contributed by atoms with Crippen LogP contribution in [0.4, 0.5) is 4.79 Å². The Balaban J connectivity index is 1.25. The highest BCUT2D eigenvalue weighted by atomic mass is 16.6. The molecule has 3 aromatic rings. The summed E-state index contributed by atoms with van der Waals surface area (Å²) < 4.78 is 11.1. The highest BCUT2D eigenvalue weighted by Gasteiger charge is 2.21. The summed E-state index contributed by atoms with van der Waals surface area (Å²) in [6, 6.07) is 13.8. The molecule has 9 heteroatoms. The minimum absolute atomic E-state index is 0.0678. The van der Waals surface area contributed by atoms with Crippen LogP contribution in [0.1, 0.15) is 77.6 Å². The van der Waals surface area contributed by atoms with Crippen LogP contribution in [0.25, 0.3) is 22.3 Å². The molecule has 2 amide bonds. The lowest BCUT2D eigenvalue weighted by Gasteiger charge is -2.14. The van der Waals surface area contributed by atoms with Crippen LogP contribution in [0.15, 0.2) is 137 Å². The fourth-order valence-electron chi connectivity index (χ4n) is 5.12. The van der Waals surface area contributed by atoms with Gasteiger partial charge in [0, 0.05) is 24.6 Å². The first-order valence-electron chi connectivity index (χ1n) is 18.4. The number of unbranched alkanes of at least 4 members (excludes halogenated alkanes) is 1. The summed E-state index contributed by atoms with van der Waals surface area (Å²) in [5.41, 5.74) is 0.777. The van der Waals surface area contributed by atoms with Crippen molar-refractivity contribution in [3.63, 3.8) is 0 Å². The van der Waals surface area contributed by atoms with E-state index in [0.717, 1.165) is 44.1 Å². The number of carboxylic acids is 1. The van der Waals surface area contributed by atoms with Gasteiger partial charge in [0.2, 0.25) is 5.91 Å². The van der Waals surface area contributed by atoms with Crippen molar-refractivity contribution in [3.05, 3.63) is 138 Å². The molecule has 0 saturated carbocycles. The molecule has 3 N–H and O–H groups in total. The second-order valence-corrected chi connectivity index (χ2v) is 12.2. The minimum atomic E-state index is -1.20. The Labute approximate surface area is 312 Å². The van der Waals surface area contributed by atoms with E-state index < -0.39 is 18.1 Å². The van der Waals surface area contributed by atoms with Crippen molar-refractivity contribution in [3.8, 4) is 17.1 Å². The van der Waals surface area contributed by atoms with E-state index >= 15 is 0 Å². The summed E-state index contributed by atoms with van der Waals surface area (Å²) in [6.07, 6.45) is 32.6. The molecule has 0 fully saturated rings. The zero-order chi connectivity index (χ0) is 37.9. The first kappa shape index (κ1) is 41.7. The number of ether oxygens (including phenoxy) is 1. The van der Waals surface area contributed by atoms with Crippen LogP contribution in [-0.4, -0.2) is 35.7 Å². The monoisotopic (exact) mass is 720 g/mol. The number of carbonyl (C=O) groups excluding carboxylic acids is 2. The Morgan fingerprint density at radius 2 is 1.38 bits per heavy atom. The molecule has 0 bridgehead atoms. The van der Waals surface area contributed by atoms with Gasteiger partial charge in [-0.3, -0.25) is 9.59 Å². The molecule has 9 nitrogen and oxygen atoms in total. The van der Waals surface area contributed by atoms with Gasteiger partial charge in [-0.2, -0.15) is 0 Å². The van der Waals surface area contributed by atoms with Crippen LogP contribution < -0.4 is 20.8 Å². The average Bonchev–Trinajstić information content (AvgIpc) is 3.15. The standard InChI is InChI=1S/C44H52N2O7/c1-2-3-4-5-6-7-8-9-10-11-12-13-14-15-16-17-18-19-23-29-42(48)45-32-25-24-28-38(43(49)50)46-44(51)52-36-30-31-40-37(33-36)39(47)34-41(53-40)35-26-21-20-22-27-35/h3-4,6-7,9-10,12-13,15-16,18-22,26-27,30-31,33-34,38H,2,5,8,11,14,17,23-25,28-29,32H2,1H3,(H,45,48)(H,46,51)(H,49,50)/b4-3-,7-6-,10-9-,13-12-,16-15-,19-18-. The maximum absolute atomic E-state index is 12.7. The van der Waals surface area contributed by atoms with E-state index in [-0.39, 0.29) is 28.9 Å². The van der Waals surface area contributed by atoms with Crippen LogP contribution in [0.5, 0.6) is 5.75 Å². The number of rotatable bonds is 23. The van der Waals surface area contributed by atoms with Gasteiger partial charge in [0.1, 0.15) is 23.1 Å². The van der Waals surface area contributed by atoms with Crippen molar-refractivity contribution in [1.29, 1.82) is 0 Å². The lowest BCUT2D eigenvalue weighted by molar-refractivity contribution is -0.139. The second-order valence-electron chi connectivity index (χ2n) is 12.2. The molecule has 1 heterocycles. The summed E-state index contributed by atoms with van der Waals surface area (Å²) in [6.45, 7) is 2.55. The predicted molar refractivity (Wildman–Crippen MR) is 213 cm³/mol. The molecule has 1 aromatic heterocycles. The number of carboxylic acid groups (broad SMARTS) is 1. The van der Waals surface area contributed by atoms with Crippen LogP contribution in [-0.2, 0) is 9.59 Å². The van der Waals surface area contributed by atoms with Crippen LogP contribution in [0.3, 0.4) is 0 Å². The molecule has 0 aliphatic heterocycles. The van der Waals surface area contributed by atoms with Crippen LogP contribution in [0, 0.1) is 0 Å². The number of hydrogen-bond donors (Lipinski definition) is 3. The van der Waals surface area contributed by atoms with Crippen molar-refractivity contribution >= 4 is 28.9 Å². The highest BCUT2D eigenvalue weighted by molar-refractivity contribution is 5.83. The topological polar surface area (TPSA) is 135 Å². The summed E-state index contributed by atoms with van der Waals surface area (Å²) in [5.74, 6) is -0.776. The van der Waals surface area contributed by atoms with E-state index in [9.17, 15) is 24.3 Å². The zero-order valence-electron chi connectivity index (χ0n) is 30.6. The molecule has 0 spiro atoms.